The largest absolute Gasteiger partial charge is 0.423 e. The molecule has 1 unspecified atom stereocenters. The molecule has 1 aromatic carbocycles. The zero-order valence-corrected chi connectivity index (χ0v) is 15.1. The maximum Gasteiger partial charge on any atom is 0.298 e. The molecule has 2 aliphatic rings. The number of anilines is 1. The molecule has 5 rings (SSSR count). The third-order valence-corrected chi connectivity index (χ3v) is 5.29. The van der Waals surface area contributed by atoms with E-state index in [1.54, 1.807) is 0 Å². The lowest BCUT2D eigenvalue weighted by molar-refractivity contribution is 0.0835. The van der Waals surface area contributed by atoms with E-state index in [-0.39, 0.29) is 6.10 Å². The van der Waals surface area contributed by atoms with Crippen molar-refractivity contribution in [2.24, 2.45) is 0 Å². The van der Waals surface area contributed by atoms with Gasteiger partial charge in [-0.25, -0.2) is 0 Å². The van der Waals surface area contributed by atoms with E-state index < -0.39 is 0 Å². The fourth-order valence-electron chi connectivity index (χ4n) is 3.75. The van der Waals surface area contributed by atoms with Crippen LogP contribution in [0.4, 0.5) is 6.01 Å². The second kappa shape index (κ2) is 7.28. The number of nitrogens with one attached hydrogen (secondary N) is 1. The third kappa shape index (κ3) is 3.54. The summed E-state index contributed by atoms with van der Waals surface area (Å²) in [5, 5.41) is 7.60. The molecule has 0 aliphatic carbocycles. The van der Waals surface area contributed by atoms with Gasteiger partial charge in [-0.2, -0.15) is 9.97 Å². The highest BCUT2D eigenvalue weighted by molar-refractivity contribution is 5.74. The van der Waals surface area contributed by atoms with Crippen LogP contribution in [0.25, 0.3) is 11.1 Å². The zero-order chi connectivity index (χ0) is 18.1. The van der Waals surface area contributed by atoms with Crippen LogP contribution in [0, 0.1) is 0 Å². The van der Waals surface area contributed by atoms with Crippen molar-refractivity contribution >= 4 is 17.1 Å². The van der Waals surface area contributed by atoms with Crippen LogP contribution in [-0.2, 0) is 11.3 Å². The summed E-state index contributed by atoms with van der Waals surface area (Å²) < 4.78 is 16.8. The molecule has 4 heterocycles. The highest BCUT2D eigenvalue weighted by Gasteiger charge is 2.25. The van der Waals surface area contributed by atoms with Gasteiger partial charge < -0.3 is 23.9 Å². The molecule has 3 aromatic rings. The van der Waals surface area contributed by atoms with Gasteiger partial charge in [0.05, 0.1) is 6.54 Å². The Bertz CT molecular complexity index is 861. The summed E-state index contributed by atoms with van der Waals surface area (Å²) in [5.74, 6) is 1.30. The average molecular weight is 369 g/mol. The maximum atomic E-state index is 5.87. The molecule has 1 N–H and O–H groups in total. The Hall–Kier alpha value is -2.45. The van der Waals surface area contributed by atoms with Gasteiger partial charge in [-0.3, -0.25) is 0 Å². The minimum atomic E-state index is -0.0224. The van der Waals surface area contributed by atoms with Crippen LogP contribution in [0.2, 0.25) is 0 Å². The van der Waals surface area contributed by atoms with Crippen molar-refractivity contribution < 1.29 is 13.7 Å². The molecule has 142 valence electrons. The summed E-state index contributed by atoms with van der Waals surface area (Å²) in [6.07, 6.45) is 4.04. The van der Waals surface area contributed by atoms with E-state index in [1.807, 2.05) is 24.3 Å². The summed E-state index contributed by atoms with van der Waals surface area (Å²) >= 11 is 0. The van der Waals surface area contributed by atoms with Crippen molar-refractivity contribution in [1.82, 2.24) is 20.4 Å². The molecule has 2 aliphatic heterocycles. The first kappa shape index (κ1) is 16.7. The number of hydrogen-bond acceptors (Lipinski definition) is 8. The lowest BCUT2D eigenvalue weighted by Crippen LogP contribution is -2.42. The summed E-state index contributed by atoms with van der Waals surface area (Å²) in [6, 6.07) is 9.02. The predicted molar refractivity (Wildman–Crippen MR) is 98.3 cm³/mol. The van der Waals surface area contributed by atoms with E-state index in [9.17, 15) is 0 Å². The van der Waals surface area contributed by atoms with E-state index in [1.165, 1.54) is 0 Å². The molecule has 0 saturated carbocycles. The maximum absolute atomic E-state index is 5.87. The quantitative estimate of drug-likeness (QED) is 0.734. The average Bonchev–Trinajstić information content (AvgIpc) is 3.46. The van der Waals surface area contributed by atoms with Gasteiger partial charge in [0.25, 0.3) is 11.9 Å². The highest BCUT2D eigenvalue weighted by atomic mass is 16.5. The van der Waals surface area contributed by atoms with Gasteiger partial charge >= 0.3 is 0 Å². The second-order valence-corrected chi connectivity index (χ2v) is 7.16. The number of ether oxygens (including phenoxy) is 1. The fourth-order valence-corrected chi connectivity index (χ4v) is 3.75. The Kier molecular flexibility index (Phi) is 4.51. The van der Waals surface area contributed by atoms with Gasteiger partial charge in [0.15, 0.2) is 11.4 Å². The number of nitrogens with zero attached hydrogens (tertiary/aromatic N) is 4. The van der Waals surface area contributed by atoms with Gasteiger partial charge in [0.1, 0.15) is 11.6 Å². The SMILES string of the molecule is c1ccc2oc(N3CCC(NCc4noc(C5CCCO5)n4)CC3)nc2c1. The van der Waals surface area contributed by atoms with Crippen LogP contribution in [0.3, 0.4) is 0 Å². The van der Waals surface area contributed by atoms with Crippen LogP contribution >= 0.6 is 0 Å². The van der Waals surface area contributed by atoms with Gasteiger partial charge in [-0.05, 0) is 37.8 Å². The highest BCUT2D eigenvalue weighted by Crippen LogP contribution is 2.27. The first-order valence-electron chi connectivity index (χ1n) is 9.63. The van der Waals surface area contributed by atoms with E-state index >= 15 is 0 Å². The Morgan fingerprint density at radius 3 is 2.81 bits per heavy atom. The van der Waals surface area contributed by atoms with Crippen molar-refractivity contribution in [3.05, 3.63) is 36.0 Å². The number of fused-ring (bicyclic) bond motifs is 1. The van der Waals surface area contributed by atoms with Gasteiger partial charge in [0.2, 0.25) is 0 Å². The van der Waals surface area contributed by atoms with Crippen LogP contribution < -0.4 is 10.2 Å². The first-order valence-corrected chi connectivity index (χ1v) is 9.63. The molecular formula is C19H23N5O3. The molecule has 27 heavy (non-hydrogen) atoms. The molecule has 2 saturated heterocycles. The minimum Gasteiger partial charge on any atom is -0.423 e. The first-order chi connectivity index (χ1) is 13.3. The molecule has 2 aromatic heterocycles. The molecule has 1 atom stereocenters. The lowest BCUT2D eigenvalue weighted by Gasteiger charge is -2.31. The van der Waals surface area contributed by atoms with E-state index in [0.717, 1.165) is 56.5 Å². The number of para-hydroxylation sites is 2. The lowest BCUT2D eigenvalue weighted by atomic mass is 10.1. The smallest absolute Gasteiger partial charge is 0.298 e. The fraction of sp³-hybridized carbons (Fsp3) is 0.526. The van der Waals surface area contributed by atoms with Crippen LogP contribution in [0.5, 0.6) is 0 Å². The van der Waals surface area contributed by atoms with Crippen molar-refractivity contribution in [1.29, 1.82) is 0 Å². The van der Waals surface area contributed by atoms with Crippen molar-refractivity contribution in [2.75, 3.05) is 24.6 Å². The molecule has 8 heteroatoms. The van der Waals surface area contributed by atoms with Gasteiger partial charge in [-0.15, -0.1) is 0 Å². The molecule has 0 amide bonds. The van der Waals surface area contributed by atoms with Crippen LogP contribution in [0.15, 0.2) is 33.2 Å². The minimum absolute atomic E-state index is 0.0224. The monoisotopic (exact) mass is 369 g/mol. The number of hydrogen-bond donors (Lipinski definition) is 1. The molecule has 8 nitrogen and oxygen atoms in total. The Morgan fingerprint density at radius 1 is 1.11 bits per heavy atom. The summed E-state index contributed by atoms with van der Waals surface area (Å²) in [7, 11) is 0. The number of rotatable bonds is 5. The molecule has 2 fully saturated rings. The van der Waals surface area contributed by atoms with Crippen LogP contribution in [0.1, 0.15) is 43.5 Å². The summed E-state index contributed by atoms with van der Waals surface area (Å²) in [4.78, 5) is 11.3. The number of piperidine rings is 1. The van der Waals surface area contributed by atoms with Crippen molar-refractivity contribution in [3.63, 3.8) is 0 Å². The number of aromatic nitrogens is 3. The normalized spacial score (nSPS) is 21.3. The van der Waals surface area contributed by atoms with Crippen LogP contribution in [-0.4, -0.2) is 40.9 Å². The van der Waals surface area contributed by atoms with E-state index in [4.69, 9.17) is 13.7 Å². The number of benzene rings is 1. The topological polar surface area (TPSA) is 89.5 Å². The zero-order valence-electron chi connectivity index (χ0n) is 15.1. The van der Waals surface area contributed by atoms with Gasteiger partial charge in [-0.1, -0.05) is 17.3 Å². The summed E-state index contributed by atoms with van der Waals surface area (Å²) in [5.41, 5.74) is 1.75. The Balaban J connectivity index is 1.13. The predicted octanol–water partition coefficient (Wildman–Crippen LogP) is 2.82. The van der Waals surface area contributed by atoms with Gasteiger partial charge in [0, 0.05) is 25.7 Å². The van der Waals surface area contributed by atoms with E-state index in [2.05, 4.69) is 25.3 Å². The van der Waals surface area contributed by atoms with Crippen molar-refractivity contribution in [3.8, 4) is 0 Å². The molecule has 0 radical (unpaired) electrons. The van der Waals surface area contributed by atoms with Crippen molar-refractivity contribution in [2.45, 2.75) is 44.4 Å². The van der Waals surface area contributed by atoms with E-state index in [0.29, 0.717) is 30.3 Å². The second-order valence-electron chi connectivity index (χ2n) is 7.16. The standard InChI is InChI=1S/C19H23N5O3/c1-2-5-15-14(4-1)21-19(26-15)24-9-7-13(8-10-24)20-12-17-22-18(27-23-17)16-6-3-11-25-16/h1-2,4-5,13,16,20H,3,6-12H2. The molecular weight excluding hydrogens is 346 g/mol. The summed E-state index contributed by atoms with van der Waals surface area (Å²) in [6.45, 7) is 3.22. The molecule has 0 bridgehead atoms. The Labute approximate surface area is 156 Å². The molecule has 0 spiro atoms. The number of oxazole rings is 1. The third-order valence-electron chi connectivity index (χ3n) is 5.29. The Morgan fingerprint density at radius 2 is 2.00 bits per heavy atom.